The maximum atomic E-state index is 11.1. The standard InChI is InChI=1S/C17H17N5O3/c18-16(24)12-6-8-13(9-7-12)17-19-21-22(20-17)10-14(23)11-25-15-4-2-1-3-5-15/h1-9,14,23H,10-11H2,(H2,18,24)/t14-/m1/s1. The molecule has 1 atom stereocenters. The maximum Gasteiger partial charge on any atom is 0.248 e. The van der Waals surface area contributed by atoms with Crippen molar-refractivity contribution in [1.29, 1.82) is 0 Å². The number of aliphatic hydroxyl groups is 1. The second-order valence-electron chi connectivity index (χ2n) is 5.39. The van der Waals surface area contributed by atoms with Crippen LogP contribution in [0.4, 0.5) is 0 Å². The second-order valence-corrected chi connectivity index (χ2v) is 5.39. The molecule has 0 radical (unpaired) electrons. The first-order valence-corrected chi connectivity index (χ1v) is 7.66. The minimum atomic E-state index is -0.778. The van der Waals surface area contributed by atoms with Gasteiger partial charge in [-0.05, 0) is 29.5 Å². The van der Waals surface area contributed by atoms with Crippen LogP contribution in [0.3, 0.4) is 0 Å². The SMILES string of the molecule is NC(=O)c1ccc(-c2nnn(C[C@@H](O)COc3ccccc3)n2)cc1. The summed E-state index contributed by atoms with van der Waals surface area (Å²) in [4.78, 5) is 12.4. The number of hydrogen-bond donors (Lipinski definition) is 2. The summed E-state index contributed by atoms with van der Waals surface area (Å²) in [7, 11) is 0. The van der Waals surface area contributed by atoms with Gasteiger partial charge in [-0.15, -0.1) is 10.2 Å². The summed E-state index contributed by atoms with van der Waals surface area (Å²) in [6.45, 7) is 0.271. The molecule has 0 aliphatic carbocycles. The first-order valence-electron chi connectivity index (χ1n) is 7.66. The molecule has 1 amide bonds. The van der Waals surface area contributed by atoms with Crippen molar-refractivity contribution in [1.82, 2.24) is 20.2 Å². The average molecular weight is 339 g/mol. The summed E-state index contributed by atoms with van der Waals surface area (Å²) >= 11 is 0. The van der Waals surface area contributed by atoms with Crippen molar-refractivity contribution >= 4 is 5.91 Å². The molecule has 128 valence electrons. The number of para-hydroxylation sites is 1. The van der Waals surface area contributed by atoms with Crippen molar-refractivity contribution in [2.75, 3.05) is 6.61 Å². The van der Waals surface area contributed by atoms with E-state index in [0.29, 0.717) is 22.7 Å². The number of benzene rings is 2. The summed E-state index contributed by atoms with van der Waals surface area (Å²) in [5, 5.41) is 22.1. The number of hydrogen-bond acceptors (Lipinski definition) is 6. The number of ether oxygens (including phenoxy) is 1. The van der Waals surface area contributed by atoms with Gasteiger partial charge < -0.3 is 15.6 Å². The molecule has 3 rings (SSSR count). The lowest BCUT2D eigenvalue weighted by Crippen LogP contribution is -2.24. The molecule has 25 heavy (non-hydrogen) atoms. The third-order valence-corrected chi connectivity index (χ3v) is 3.44. The number of aromatic nitrogens is 4. The van der Waals surface area contributed by atoms with Gasteiger partial charge in [0.15, 0.2) is 0 Å². The molecule has 3 N–H and O–H groups in total. The van der Waals surface area contributed by atoms with Crippen LogP contribution >= 0.6 is 0 Å². The summed E-state index contributed by atoms with van der Waals surface area (Å²) in [6, 6.07) is 15.8. The molecule has 0 fully saturated rings. The van der Waals surface area contributed by atoms with Crippen LogP contribution in [0.2, 0.25) is 0 Å². The van der Waals surface area contributed by atoms with Crippen LogP contribution in [-0.4, -0.2) is 43.9 Å². The van der Waals surface area contributed by atoms with E-state index in [0.717, 1.165) is 0 Å². The van der Waals surface area contributed by atoms with Crippen molar-refractivity contribution in [2.45, 2.75) is 12.6 Å². The Kier molecular flexibility index (Phi) is 5.00. The van der Waals surface area contributed by atoms with Crippen molar-refractivity contribution in [3.63, 3.8) is 0 Å². The smallest absolute Gasteiger partial charge is 0.248 e. The first-order chi connectivity index (χ1) is 12.1. The van der Waals surface area contributed by atoms with Crippen molar-refractivity contribution in [3.8, 4) is 17.1 Å². The zero-order valence-electron chi connectivity index (χ0n) is 13.3. The van der Waals surface area contributed by atoms with Gasteiger partial charge in [-0.25, -0.2) is 0 Å². The number of primary amides is 1. The maximum absolute atomic E-state index is 11.1. The molecule has 1 heterocycles. The second kappa shape index (κ2) is 7.54. The lowest BCUT2D eigenvalue weighted by Gasteiger charge is -2.11. The van der Waals surface area contributed by atoms with E-state index >= 15 is 0 Å². The normalized spacial score (nSPS) is 11.9. The van der Waals surface area contributed by atoms with E-state index in [1.165, 1.54) is 4.80 Å². The molecule has 2 aromatic carbocycles. The number of carbonyl (C=O) groups is 1. The molecule has 8 nitrogen and oxygen atoms in total. The molecule has 0 aliphatic heterocycles. The van der Waals surface area contributed by atoms with E-state index in [4.69, 9.17) is 10.5 Å². The van der Waals surface area contributed by atoms with Crippen LogP contribution in [0.25, 0.3) is 11.4 Å². The number of aliphatic hydroxyl groups excluding tert-OH is 1. The van der Waals surface area contributed by atoms with E-state index in [9.17, 15) is 9.90 Å². The summed E-state index contributed by atoms with van der Waals surface area (Å²) in [6.07, 6.45) is -0.778. The molecule has 0 aliphatic rings. The van der Waals surface area contributed by atoms with Gasteiger partial charge in [0.2, 0.25) is 11.7 Å². The Labute approximate surface area is 143 Å². The number of carbonyl (C=O) groups excluding carboxylic acids is 1. The summed E-state index contributed by atoms with van der Waals surface area (Å²) in [5.74, 6) is 0.584. The lowest BCUT2D eigenvalue weighted by atomic mass is 10.1. The van der Waals surface area contributed by atoms with E-state index in [1.807, 2.05) is 30.3 Å². The summed E-state index contributed by atoms with van der Waals surface area (Å²) < 4.78 is 5.48. The molecular weight excluding hydrogens is 322 g/mol. The van der Waals surface area contributed by atoms with E-state index in [2.05, 4.69) is 15.4 Å². The zero-order chi connectivity index (χ0) is 17.6. The highest BCUT2D eigenvalue weighted by Crippen LogP contribution is 2.14. The third-order valence-electron chi connectivity index (χ3n) is 3.44. The Bertz CT molecular complexity index is 833. The van der Waals surface area contributed by atoms with Crippen LogP contribution in [0.1, 0.15) is 10.4 Å². The van der Waals surface area contributed by atoms with E-state index in [1.54, 1.807) is 24.3 Å². The molecule has 1 aromatic heterocycles. The van der Waals surface area contributed by atoms with Crippen LogP contribution in [0, 0.1) is 0 Å². The van der Waals surface area contributed by atoms with Gasteiger partial charge in [0, 0.05) is 11.1 Å². The fraction of sp³-hybridized carbons (Fsp3) is 0.176. The predicted octanol–water partition coefficient (Wildman–Crippen LogP) is 0.879. The number of amides is 1. The quantitative estimate of drug-likeness (QED) is 0.660. The minimum Gasteiger partial charge on any atom is -0.491 e. The number of tetrazole rings is 1. The fourth-order valence-electron chi connectivity index (χ4n) is 2.17. The van der Waals surface area contributed by atoms with Crippen molar-refractivity contribution in [2.24, 2.45) is 5.73 Å². The molecule has 8 heteroatoms. The largest absolute Gasteiger partial charge is 0.491 e. The lowest BCUT2D eigenvalue weighted by molar-refractivity contribution is 0.0850. The van der Waals surface area contributed by atoms with Gasteiger partial charge in [0.05, 0.1) is 6.54 Å². The van der Waals surface area contributed by atoms with E-state index < -0.39 is 12.0 Å². The molecule has 0 bridgehead atoms. The van der Waals surface area contributed by atoms with Crippen molar-refractivity contribution in [3.05, 3.63) is 60.2 Å². The predicted molar refractivity (Wildman–Crippen MR) is 89.7 cm³/mol. The Morgan fingerprint density at radius 1 is 1.16 bits per heavy atom. The number of rotatable bonds is 7. The molecule has 0 saturated heterocycles. The number of nitrogens with zero attached hydrogens (tertiary/aromatic N) is 4. The third kappa shape index (κ3) is 4.39. The highest BCUT2D eigenvalue weighted by Gasteiger charge is 2.11. The Balaban J connectivity index is 1.58. The van der Waals surface area contributed by atoms with Gasteiger partial charge in [0.1, 0.15) is 18.5 Å². The topological polar surface area (TPSA) is 116 Å². The van der Waals surface area contributed by atoms with Gasteiger partial charge >= 0.3 is 0 Å². The zero-order valence-corrected chi connectivity index (χ0v) is 13.3. The Morgan fingerprint density at radius 2 is 1.88 bits per heavy atom. The van der Waals surface area contributed by atoms with Crippen molar-refractivity contribution < 1.29 is 14.6 Å². The molecule has 0 unspecified atom stereocenters. The Morgan fingerprint density at radius 3 is 2.56 bits per heavy atom. The monoisotopic (exact) mass is 339 g/mol. The summed E-state index contributed by atoms with van der Waals surface area (Å²) in [5.41, 5.74) is 6.31. The molecule has 0 saturated carbocycles. The molecule has 0 spiro atoms. The highest BCUT2D eigenvalue weighted by molar-refractivity contribution is 5.93. The van der Waals surface area contributed by atoms with Gasteiger partial charge in [-0.1, -0.05) is 30.3 Å². The van der Waals surface area contributed by atoms with Gasteiger partial charge in [0.25, 0.3) is 0 Å². The van der Waals surface area contributed by atoms with Gasteiger partial charge in [-0.2, -0.15) is 4.80 Å². The fourth-order valence-corrected chi connectivity index (χ4v) is 2.17. The Hall–Kier alpha value is -3.26. The van der Waals surface area contributed by atoms with E-state index in [-0.39, 0.29) is 13.2 Å². The van der Waals surface area contributed by atoms with Crippen LogP contribution < -0.4 is 10.5 Å². The van der Waals surface area contributed by atoms with Crippen LogP contribution in [0.15, 0.2) is 54.6 Å². The first kappa shape index (κ1) is 16.6. The molecule has 3 aromatic rings. The minimum absolute atomic E-state index is 0.119. The number of nitrogens with two attached hydrogens (primary N) is 1. The highest BCUT2D eigenvalue weighted by atomic mass is 16.5. The van der Waals surface area contributed by atoms with Crippen LogP contribution in [-0.2, 0) is 6.54 Å². The molecular formula is C17H17N5O3. The van der Waals surface area contributed by atoms with Gasteiger partial charge in [-0.3, -0.25) is 4.79 Å². The van der Waals surface area contributed by atoms with Crippen LogP contribution in [0.5, 0.6) is 5.75 Å². The average Bonchev–Trinajstić information content (AvgIpc) is 3.09.